The number of carbonyl (C=O) groups excluding carboxylic acids is 1. The van der Waals surface area contributed by atoms with E-state index < -0.39 is 0 Å². The highest BCUT2D eigenvalue weighted by Gasteiger charge is 2.36. The zero-order chi connectivity index (χ0) is 21.2. The average Bonchev–Trinajstić information content (AvgIpc) is 3.48. The number of carbonyl (C=O) groups is 1. The van der Waals surface area contributed by atoms with Crippen LogP contribution in [-0.4, -0.2) is 24.8 Å². The van der Waals surface area contributed by atoms with Crippen LogP contribution in [0.25, 0.3) is 0 Å². The first-order valence-corrected chi connectivity index (χ1v) is 13.0. The summed E-state index contributed by atoms with van der Waals surface area (Å²) in [7, 11) is 0. The van der Waals surface area contributed by atoms with Crippen LogP contribution in [0.2, 0.25) is 0 Å². The molecule has 0 unspecified atom stereocenters. The molecule has 0 aromatic heterocycles. The van der Waals surface area contributed by atoms with Gasteiger partial charge in [-0.3, -0.25) is 4.79 Å². The predicted molar refractivity (Wildman–Crippen MR) is 123 cm³/mol. The summed E-state index contributed by atoms with van der Waals surface area (Å²) in [6, 6.07) is 0. The molecule has 0 saturated carbocycles. The van der Waals surface area contributed by atoms with Crippen molar-refractivity contribution in [1.82, 2.24) is 0 Å². The first-order valence-electron chi connectivity index (χ1n) is 13.0. The Balaban J connectivity index is 1.84. The van der Waals surface area contributed by atoms with Crippen molar-refractivity contribution in [2.75, 3.05) is 6.61 Å². The van der Waals surface area contributed by atoms with Gasteiger partial charge in [0.15, 0.2) is 0 Å². The lowest BCUT2D eigenvalue weighted by atomic mass is 10.0. The SMILES string of the molecule is CCCCCCCC[C@@H]1O[C@H]1CCCCCCCC(=O)OC[C@@H](CC)CCCC. The molecule has 3 heteroatoms. The van der Waals surface area contributed by atoms with Gasteiger partial charge in [-0.05, 0) is 31.6 Å². The molecule has 0 aromatic rings. The van der Waals surface area contributed by atoms with Crippen molar-refractivity contribution in [3.63, 3.8) is 0 Å². The molecule has 3 nitrogen and oxygen atoms in total. The molecule has 1 aliphatic heterocycles. The van der Waals surface area contributed by atoms with E-state index in [-0.39, 0.29) is 5.97 Å². The molecule has 0 radical (unpaired) electrons. The van der Waals surface area contributed by atoms with Crippen molar-refractivity contribution in [1.29, 1.82) is 0 Å². The second-order valence-electron chi connectivity index (χ2n) is 9.18. The van der Waals surface area contributed by atoms with Crippen molar-refractivity contribution >= 4 is 5.97 Å². The monoisotopic (exact) mass is 410 g/mol. The lowest BCUT2D eigenvalue weighted by molar-refractivity contribution is -0.145. The smallest absolute Gasteiger partial charge is 0.305 e. The number of ether oxygens (including phenoxy) is 2. The fourth-order valence-electron chi connectivity index (χ4n) is 4.14. The first kappa shape index (κ1) is 26.5. The maximum atomic E-state index is 11.9. The molecule has 1 fully saturated rings. The molecule has 1 heterocycles. The molecule has 29 heavy (non-hydrogen) atoms. The second kappa shape index (κ2) is 18.2. The van der Waals surface area contributed by atoms with Crippen LogP contribution in [0.15, 0.2) is 0 Å². The summed E-state index contributed by atoms with van der Waals surface area (Å²) >= 11 is 0. The van der Waals surface area contributed by atoms with E-state index in [4.69, 9.17) is 9.47 Å². The van der Waals surface area contributed by atoms with Gasteiger partial charge in [-0.1, -0.05) is 104 Å². The van der Waals surface area contributed by atoms with E-state index in [1.807, 2.05) is 0 Å². The van der Waals surface area contributed by atoms with E-state index in [1.54, 1.807) is 0 Å². The van der Waals surface area contributed by atoms with Gasteiger partial charge in [0.1, 0.15) is 0 Å². The zero-order valence-electron chi connectivity index (χ0n) is 19.9. The minimum Gasteiger partial charge on any atom is -0.465 e. The standard InChI is InChI=1S/C26H50O3/c1-4-7-9-10-12-15-19-24-25(29-24)20-16-13-11-14-17-21-26(27)28-22-23(6-3)18-8-5-2/h23-25H,4-22H2,1-3H3/t23-,24-,25-/m0/s1. The highest BCUT2D eigenvalue weighted by atomic mass is 16.6. The number of unbranched alkanes of at least 4 members (excludes halogenated alkanes) is 10. The van der Waals surface area contributed by atoms with Crippen molar-refractivity contribution in [2.24, 2.45) is 5.92 Å². The van der Waals surface area contributed by atoms with Gasteiger partial charge in [-0.15, -0.1) is 0 Å². The Morgan fingerprint density at radius 1 is 0.759 bits per heavy atom. The van der Waals surface area contributed by atoms with Crippen LogP contribution in [0.5, 0.6) is 0 Å². The van der Waals surface area contributed by atoms with Gasteiger partial charge in [0.2, 0.25) is 0 Å². The maximum Gasteiger partial charge on any atom is 0.305 e. The van der Waals surface area contributed by atoms with Crippen LogP contribution in [0, 0.1) is 5.92 Å². The Kier molecular flexibility index (Phi) is 16.6. The fraction of sp³-hybridized carbons (Fsp3) is 0.962. The summed E-state index contributed by atoms with van der Waals surface area (Å²) in [6.45, 7) is 7.30. The van der Waals surface area contributed by atoms with E-state index in [9.17, 15) is 4.79 Å². The molecule has 0 aliphatic carbocycles. The van der Waals surface area contributed by atoms with Gasteiger partial charge >= 0.3 is 5.97 Å². The molecule has 1 rings (SSSR count). The van der Waals surface area contributed by atoms with Crippen molar-refractivity contribution in [3.05, 3.63) is 0 Å². The molecule has 0 amide bonds. The van der Waals surface area contributed by atoms with Gasteiger partial charge in [-0.2, -0.15) is 0 Å². The third kappa shape index (κ3) is 15.0. The van der Waals surface area contributed by atoms with Crippen molar-refractivity contribution in [3.8, 4) is 0 Å². The number of epoxide rings is 1. The topological polar surface area (TPSA) is 38.8 Å². The molecule has 172 valence electrons. The summed E-state index contributed by atoms with van der Waals surface area (Å²) in [6.07, 6.45) is 23.1. The summed E-state index contributed by atoms with van der Waals surface area (Å²) in [5, 5.41) is 0. The van der Waals surface area contributed by atoms with Gasteiger partial charge < -0.3 is 9.47 Å². The molecular weight excluding hydrogens is 360 g/mol. The molecule has 1 aliphatic rings. The first-order chi connectivity index (χ1) is 14.2. The van der Waals surface area contributed by atoms with E-state index in [2.05, 4.69) is 20.8 Å². The molecule has 0 spiro atoms. The quantitative estimate of drug-likeness (QED) is 0.109. The summed E-state index contributed by atoms with van der Waals surface area (Å²) in [5.74, 6) is 0.553. The number of hydrogen-bond donors (Lipinski definition) is 0. The van der Waals surface area contributed by atoms with Crippen molar-refractivity contribution < 1.29 is 14.3 Å². The minimum atomic E-state index is 0.00358. The van der Waals surface area contributed by atoms with Crippen LogP contribution >= 0.6 is 0 Å². The third-order valence-corrected chi connectivity index (χ3v) is 6.42. The fourth-order valence-corrected chi connectivity index (χ4v) is 4.14. The highest BCUT2D eigenvalue weighted by Crippen LogP contribution is 2.31. The number of esters is 1. The summed E-state index contributed by atoms with van der Waals surface area (Å²) in [5.41, 5.74) is 0. The molecule has 3 atom stereocenters. The van der Waals surface area contributed by atoms with Gasteiger partial charge in [0.25, 0.3) is 0 Å². The Bertz CT molecular complexity index is 382. The Morgan fingerprint density at radius 3 is 1.90 bits per heavy atom. The molecule has 1 saturated heterocycles. The maximum absolute atomic E-state index is 11.9. The molecule has 0 bridgehead atoms. The number of rotatable bonds is 21. The summed E-state index contributed by atoms with van der Waals surface area (Å²) in [4.78, 5) is 11.9. The van der Waals surface area contributed by atoms with Gasteiger partial charge in [0, 0.05) is 6.42 Å². The minimum absolute atomic E-state index is 0.00358. The van der Waals surface area contributed by atoms with Crippen LogP contribution in [0.3, 0.4) is 0 Å². The Labute approximate surface area is 181 Å². The van der Waals surface area contributed by atoms with Crippen LogP contribution in [0.1, 0.15) is 136 Å². The average molecular weight is 411 g/mol. The van der Waals surface area contributed by atoms with Gasteiger partial charge in [-0.25, -0.2) is 0 Å². The van der Waals surface area contributed by atoms with Gasteiger partial charge in [0.05, 0.1) is 18.8 Å². The molecule has 0 N–H and O–H groups in total. The Morgan fingerprint density at radius 2 is 1.31 bits per heavy atom. The van der Waals surface area contributed by atoms with Crippen LogP contribution < -0.4 is 0 Å². The van der Waals surface area contributed by atoms with E-state index >= 15 is 0 Å². The van der Waals surface area contributed by atoms with Crippen molar-refractivity contribution in [2.45, 2.75) is 149 Å². The largest absolute Gasteiger partial charge is 0.465 e. The molecule has 0 aromatic carbocycles. The summed E-state index contributed by atoms with van der Waals surface area (Å²) < 4.78 is 11.3. The van der Waals surface area contributed by atoms with E-state index in [0.717, 1.165) is 19.3 Å². The lowest BCUT2D eigenvalue weighted by Crippen LogP contribution is -2.13. The molecular formula is C26H50O3. The van der Waals surface area contributed by atoms with E-state index in [1.165, 1.54) is 89.9 Å². The Hall–Kier alpha value is -0.570. The highest BCUT2D eigenvalue weighted by molar-refractivity contribution is 5.69. The lowest BCUT2D eigenvalue weighted by Gasteiger charge is -2.14. The second-order valence-corrected chi connectivity index (χ2v) is 9.18. The van der Waals surface area contributed by atoms with E-state index in [0.29, 0.717) is 31.2 Å². The number of hydrogen-bond acceptors (Lipinski definition) is 3. The van der Waals surface area contributed by atoms with Crippen LogP contribution in [0.4, 0.5) is 0 Å². The van der Waals surface area contributed by atoms with Crippen LogP contribution in [-0.2, 0) is 14.3 Å². The predicted octanol–water partition coefficient (Wildman–Crippen LogP) is 7.99. The third-order valence-electron chi connectivity index (χ3n) is 6.42. The normalized spacial score (nSPS) is 19.3. The zero-order valence-corrected chi connectivity index (χ0v) is 19.9.